The molecule has 1 aliphatic rings. The van der Waals surface area contributed by atoms with Crippen LogP contribution in [-0.4, -0.2) is 43.2 Å². The molecule has 0 spiro atoms. The second-order valence-electron chi connectivity index (χ2n) is 5.38. The van der Waals surface area contributed by atoms with Crippen molar-refractivity contribution in [1.82, 2.24) is 4.90 Å². The Morgan fingerprint density at radius 2 is 2.32 bits per heavy atom. The summed E-state index contributed by atoms with van der Waals surface area (Å²) in [5.74, 6) is 0.791. The lowest BCUT2D eigenvalue weighted by Gasteiger charge is -2.32. The van der Waals surface area contributed by atoms with Gasteiger partial charge in [0.2, 0.25) is 0 Å². The molecule has 1 aromatic carbocycles. The molecule has 0 N–H and O–H groups in total. The Morgan fingerprint density at radius 3 is 3.09 bits per heavy atom. The monoisotopic (exact) mass is 301 g/mol. The van der Waals surface area contributed by atoms with Crippen molar-refractivity contribution in [2.24, 2.45) is 0 Å². The highest BCUT2D eigenvalue weighted by Gasteiger charge is 2.26. The first kappa shape index (κ1) is 14.7. The van der Waals surface area contributed by atoms with Gasteiger partial charge in [-0.15, -0.1) is 0 Å². The Hall–Kier alpha value is -2.27. The van der Waals surface area contributed by atoms with Crippen LogP contribution in [0, 0.1) is 6.92 Å². The van der Waals surface area contributed by atoms with E-state index in [0.717, 1.165) is 11.3 Å². The molecule has 1 aliphatic heterocycles. The molecule has 0 aliphatic carbocycles. The third kappa shape index (κ3) is 3.49. The molecular weight excluding hydrogens is 282 g/mol. The number of furan rings is 1. The maximum atomic E-state index is 12.3. The number of rotatable bonds is 4. The number of ether oxygens (including phenoxy) is 2. The Morgan fingerprint density at radius 1 is 1.41 bits per heavy atom. The molecule has 5 heteroatoms. The van der Waals surface area contributed by atoms with Crippen LogP contribution in [0.3, 0.4) is 0 Å². The van der Waals surface area contributed by atoms with E-state index in [1.807, 2.05) is 31.2 Å². The summed E-state index contributed by atoms with van der Waals surface area (Å²) in [7, 11) is 0. The van der Waals surface area contributed by atoms with E-state index in [1.165, 1.54) is 12.5 Å². The van der Waals surface area contributed by atoms with Crippen LogP contribution in [0.4, 0.5) is 0 Å². The fourth-order valence-corrected chi connectivity index (χ4v) is 2.47. The molecule has 1 aromatic heterocycles. The van der Waals surface area contributed by atoms with E-state index < -0.39 is 0 Å². The zero-order chi connectivity index (χ0) is 15.4. The molecule has 1 unspecified atom stereocenters. The van der Waals surface area contributed by atoms with Crippen molar-refractivity contribution in [2.45, 2.75) is 13.0 Å². The van der Waals surface area contributed by atoms with Crippen molar-refractivity contribution in [1.29, 1.82) is 0 Å². The molecule has 0 bridgehead atoms. The zero-order valence-corrected chi connectivity index (χ0v) is 12.5. The molecule has 1 amide bonds. The molecule has 1 fully saturated rings. The number of nitrogens with zero attached hydrogens (tertiary/aromatic N) is 1. The predicted octanol–water partition coefficient (Wildman–Crippen LogP) is 2.51. The van der Waals surface area contributed by atoms with Crippen molar-refractivity contribution in [3.63, 3.8) is 0 Å². The molecule has 2 aromatic rings. The van der Waals surface area contributed by atoms with Crippen LogP contribution in [0.2, 0.25) is 0 Å². The number of morpholine rings is 1. The van der Waals surface area contributed by atoms with Crippen molar-refractivity contribution < 1.29 is 18.7 Å². The van der Waals surface area contributed by atoms with Crippen LogP contribution in [0.15, 0.2) is 47.3 Å². The minimum Gasteiger partial charge on any atom is -0.491 e. The smallest absolute Gasteiger partial charge is 0.257 e. The first-order chi connectivity index (χ1) is 10.7. The first-order valence-corrected chi connectivity index (χ1v) is 7.35. The molecule has 1 atom stereocenters. The number of amides is 1. The first-order valence-electron chi connectivity index (χ1n) is 7.35. The summed E-state index contributed by atoms with van der Waals surface area (Å²) in [5, 5.41) is 0. The van der Waals surface area contributed by atoms with E-state index in [2.05, 4.69) is 0 Å². The second-order valence-corrected chi connectivity index (χ2v) is 5.38. The number of benzene rings is 1. The summed E-state index contributed by atoms with van der Waals surface area (Å²) < 4.78 is 16.4. The van der Waals surface area contributed by atoms with E-state index in [1.54, 1.807) is 11.0 Å². The van der Waals surface area contributed by atoms with Crippen LogP contribution in [0.1, 0.15) is 15.9 Å². The minimum atomic E-state index is -0.120. The van der Waals surface area contributed by atoms with Crippen LogP contribution in [0.25, 0.3) is 0 Å². The third-order valence-electron chi connectivity index (χ3n) is 3.62. The Labute approximate surface area is 129 Å². The molecule has 0 radical (unpaired) electrons. The van der Waals surface area contributed by atoms with Gasteiger partial charge in [-0.05, 0) is 30.7 Å². The number of aryl methyl sites for hydroxylation is 1. The predicted molar refractivity (Wildman–Crippen MR) is 81.0 cm³/mol. The van der Waals surface area contributed by atoms with Crippen LogP contribution in [0.5, 0.6) is 5.75 Å². The molecule has 3 rings (SSSR count). The zero-order valence-electron chi connectivity index (χ0n) is 12.5. The Bertz CT molecular complexity index is 623. The quantitative estimate of drug-likeness (QED) is 0.870. The topological polar surface area (TPSA) is 51.9 Å². The van der Waals surface area contributed by atoms with Gasteiger partial charge in [-0.2, -0.15) is 0 Å². The van der Waals surface area contributed by atoms with Gasteiger partial charge < -0.3 is 18.8 Å². The average molecular weight is 301 g/mol. The molecule has 116 valence electrons. The van der Waals surface area contributed by atoms with Crippen LogP contribution in [-0.2, 0) is 4.74 Å². The second kappa shape index (κ2) is 6.66. The molecule has 2 heterocycles. The number of carbonyl (C=O) groups is 1. The molecular formula is C17H19NO4. The van der Waals surface area contributed by atoms with Gasteiger partial charge in [0, 0.05) is 6.54 Å². The summed E-state index contributed by atoms with van der Waals surface area (Å²) in [6.45, 7) is 4.08. The van der Waals surface area contributed by atoms with Gasteiger partial charge in [0.15, 0.2) is 0 Å². The van der Waals surface area contributed by atoms with E-state index in [0.29, 0.717) is 31.9 Å². The van der Waals surface area contributed by atoms with Crippen molar-refractivity contribution >= 4 is 5.91 Å². The lowest BCUT2D eigenvalue weighted by molar-refractivity contribution is -0.0401. The molecule has 0 saturated carbocycles. The minimum absolute atomic E-state index is 0.0300. The van der Waals surface area contributed by atoms with Gasteiger partial charge in [-0.25, -0.2) is 0 Å². The highest BCUT2D eigenvalue weighted by Crippen LogP contribution is 2.15. The van der Waals surface area contributed by atoms with E-state index in [4.69, 9.17) is 13.9 Å². The van der Waals surface area contributed by atoms with Crippen molar-refractivity contribution in [3.05, 3.63) is 54.0 Å². The maximum absolute atomic E-state index is 12.3. The third-order valence-corrected chi connectivity index (χ3v) is 3.62. The molecule has 5 nitrogen and oxygen atoms in total. The van der Waals surface area contributed by atoms with Crippen molar-refractivity contribution in [2.75, 3.05) is 26.3 Å². The number of hydrogen-bond acceptors (Lipinski definition) is 4. The van der Waals surface area contributed by atoms with Gasteiger partial charge in [-0.1, -0.05) is 12.1 Å². The summed E-state index contributed by atoms with van der Waals surface area (Å²) in [6.07, 6.45) is 2.85. The summed E-state index contributed by atoms with van der Waals surface area (Å²) in [5.41, 5.74) is 1.72. The summed E-state index contributed by atoms with van der Waals surface area (Å²) >= 11 is 0. The largest absolute Gasteiger partial charge is 0.491 e. The summed E-state index contributed by atoms with van der Waals surface area (Å²) in [6, 6.07) is 9.56. The van der Waals surface area contributed by atoms with Gasteiger partial charge >= 0.3 is 0 Å². The number of hydrogen-bond donors (Lipinski definition) is 0. The van der Waals surface area contributed by atoms with E-state index in [9.17, 15) is 4.79 Å². The van der Waals surface area contributed by atoms with Gasteiger partial charge in [0.05, 0.1) is 25.0 Å². The maximum Gasteiger partial charge on any atom is 0.257 e. The Kier molecular flexibility index (Phi) is 4.44. The summed E-state index contributed by atoms with van der Waals surface area (Å²) in [4.78, 5) is 14.1. The standard InChI is InChI=1S/C17H19NO4/c1-13-3-2-4-15(9-13)22-12-16-10-18(6-8-21-16)17(19)14-5-7-20-11-14/h2-5,7,9,11,16H,6,8,10,12H2,1H3. The van der Waals surface area contributed by atoms with E-state index in [-0.39, 0.29) is 12.0 Å². The lowest BCUT2D eigenvalue weighted by atomic mass is 10.2. The highest BCUT2D eigenvalue weighted by atomic mass is 16.5. The SMILES string of the molecule is Cc1cccc(OCC2CN(C(=O)c3ccoc3)CCO2)c1. The van der Waals surface area contributed by atoms with E-state index >= 15 is 0 Å². The Balaban J connectivity index is 1.55. The van der Waals surface area contributed by atoms with Gasteiger partial charge in [0.1, 0.15) is 24.7 Å². The fraction of sp³-hybridized carbons (Fsp3) is 0.353. The number of carbonyl (C=O) groups excluding carboxylic acids is 1. The lowest BCUT2D eigenvalue weighted by Crippen LogP contribution is -2.47. The fourth-order valence-electron chi connectivity index (χ4n) is 2.47. The van der Waals surface area contributed by atoms with Gasteiger partial charge in [0.25, 0.3) is 5.91 Å². The molecule has 22 heavy (non-hydrogen) atoms. The van der Waals surface area contributed by atoms with Gasteiger partial charge in [-0.3, -0.25) is 4.79 Å². The normalized spacial score (nSPS) is 18.2. The van der Waals surface area contributed by atoms with Crippen LogP contribution >= 0.6 is 0 Å². The van der Waals surface area contributed by atoms with Crippen LogP contribution < -0.4 is 4.74 Å². The molecule has 1 saturated heterocycles. The highest BCUT2D eigenvalue weighted by molar-refractivity contribution is 5.93. The average Bonchev–Trinajstić information content (AvgIpc) is 3.07. The van der Waals surface area contributed by atoms with Crippen molar-refractivity contribution in [3.8, 4) is 5.75 Å².